The van der Waals surface area contributed by atoms with E-state index in [2.05, 4.69) is 15.0 Å². The highest BCUT2D eigenvalue weighted by molar-refractivity contribution is 5.88. The molecule has 4 heterocycles. The molecule has 0 aromatic carbocycles. The number of hydrogen-bond donors (Lipinski definition) is 1. The van der Waals surface area contributed by atoms with Gasteiger partial charge in [0.05, 0.1) is 12.1 Å². The zero-order chi connectivity index (χ0) is 16.7. The van der Waals surface area contributed by atoms with Crippen LogP contribution in [0, 0.1) is 5.92 Å². The zero-order valence-electron chi connectivity index (χ0n) is 13.3. The lowest BCUT2D eigenvalue weighted by Gasteiger charge is -2.37. The molecule has 0 radical (unpaired) electrons. The van der Waals surface area contributed by atoms with Gasteiger partial charge in [0, 0.05) is 44.5 Å². The number of nitrogens with two attached hydrogens (primary N) is 1. The molecule has 126 valence electrons. The van der Waals surface area contributed by atoms with Crippen molar-refractivity contribution in [3.63, 3.8) is 0 Å². The summed E-state index contributed by atoms with van der Waals surface area (Å²) in [5.41, 5.74) is 6.34. The van der Waals surface area contributed by atoms with E-state index >= 15 is 0 Å². The number of rotatable bonds is 3. The number of carbonyl (C=O) groups is 2. The summed E-state index contributed by atoms with van der Waals surface area (Å²) in [5.74, 6) is 0.266. The Hall–Kier alpha value is -2.64. The fourth-order valence-corrected chi connectivity index (χ4v) is 3.75. The number of hydrogen-bond acceptors (Lipinski definition) is 5. The highest BCUT2D eigenvalue weighted by atomic mass is 16.2. The van der Waals surface area contributed by atoms with Gasteiger partial charge in [-0.25, -0.2) is 9.50 Å². The van der Waals surface area contributed by atoms with Crippen molar-refractivity contribution in [3.05, 3.63) is 24.7 Å². The number of amides is 2. The van der Waals surface area contributed by atoms with Gasteiger partial charge in [-0.1, -0.05) is 0 Å². The van der Waals surface area contributed by atoms with Crippen LogP contribution in [0.15, 0.2) is 24.7 Å². The molecule has 0 spiro atoms. The summed E-state index contributed by atoms with van der Waals surface area (Å²) in [7, 11) is 0. The van der Waals surface area contributed by atoms with E-state index in [1.165, 1.54) is 0 Å². The lowest BCUT2D eigenvalue weighted by atomic mass is 10.0. The van der Waals surface area contributed by atoms with Gasteiger partial charge in [-0.3, -0.25) is 9.59 Å². The minimum absolute atomic E-state index is 0.0493. The first-order chi connectivity index (χ1) is 11.6. The molecule has 2 aliphatic heterocycles. The Labute approximate surface area is 139 Å². The third kappa shape index (κ3) is 2.47. The van der Waals surface area contributed by atoms with E-state index in [-0.39, 0.29) is 30.2 Å². The first-order valence-electron chi connectivity index (χ1n) is 8.25. The third-order valence-electron chi connectivity index (χ3n) is 5.07. The highest BCUT2D eigenvalue weighted by Gasteiger charge is 2.38. The predicted octanol–water partition coefficient (Wildman–Crippen LogP) is 0.0319. The second kappa shape index (κ2) is 5.77. The van der Waals surface area contributed by atoms with Crippen molar-refractivity contribution in [1.29, 1.82) is 0 Å². The molecule has 0 bridgehead atoms. The van der Waals surface area contributed by atoms with E-state index in [4.69, 9.17) is 5.73 Å². The van der Waals surface area contributed by atoms with Gasteiger partial charge < -0.3 is 15.5 Å². The van der Waals surface area contributed by atoms with Gasteiger partial charge in [0.15, 0.2) is 5.82 Å². The SMILES string of the molecule is NC(=O)C1CC(=O)N(C2CCN(c3nccn4nccc34)CC2)C1. The van der Waals surface area contributed by atoms with Crippen molar-refractivity contribution in [2.45, 2.75) is 25.3 Å². The number of likely N-dealkylation sites (tertiary alicyclic amines) is 1. The molecule has 2 fully saturated rings. The summed E-state index contributed by atoms with van der Waals surface area (Å²) in [5, 5.41) is 4.24. The van der Waals surface area contributed by atoms with Gasteiger partial charge in [-0.05, 0) is 18.9 Å². The maximum Gasteiger partial charge on any atom is 0.223 e. The number of aromatic nitrogens is 3. The molecule has 8 nitrogen and oxygen atoms in total. The number of anilines is 1. The minimum atomic E-state index is -0.375. The Balaban J connectivity index is 1.45. The molecule has 2 aromatic heterocycles. The van der Waals surface area contributed by atoms with Crippen molar-refractivity contribution in [2.24, 2.45) is 11.7 Å². The first kappa shape index (κ1) is 14.9. The van der Waals surface area contributed by atoms with Crippen LogP contribution >= 0.6 is 0 Å². The fraction of sp³-hybridized carbons (Fsp3) is 0.500. The quantitative estimate of drug-likeness (QED) is 0.857. The number of nitrogens with zero attached hydrogens (tertiary/aromatic N) is 5. The Morgan fingerprint density at radius 2 is 2.04 bits per heavy atom. The van der Waals surface area contributed by atoms with E-state index < -0.39 is 0 Å². The smallest absolute Gasteiger partial charge is 0.223 e. The summed E-state index contributed by atoms with van der Waals surface area (Å²) in [6.45, 7) is 2.12. The normalized spacial score (nSPS) is 22.5. The Morgan fingerprint density at radius 3 is 2.75 bits per heavy atom. The Bertz CT molecular complexity index is 780. The van der Waals surface area contributed by atoms with Crippen molar-refractivity contribution >= 4 is 23.1 Å². The van der Waals surface area contributed by atoms with E-state index in [0.29, 0.717) is 6.54 Å². The van der Waals surface area contributed by atoms with Gasteiger partial charge in [0.25, 0.3) is 0 Å². The van der Waals surface area contributed by atoms with Crippen LogP contribution < -0.4 is 10.6 Å². The molecule has 2 amide bonds. The van der Waals surface area contributed by atoms with Crippen LogP contribution in [-0.4, -0.2) is 57.0 Å². The van der Waals surface area contributed by atoms with Crippen molar-refractivity contribution in [2.75, 3.05) is 24.5 Å². The van der Waals surface area contributed by atoms with E-state index in [9.17, 15) is 9.59 Å². The topological polar surface area (TPSA) is 96.8 Å². The number of fused-ring (bicyclic) bond motifs is 1. The molecule has 2 aromatic rings. The fourth-order valence-electron chi connectivity index (χ4n) is 3.75. The molecule has 2 aliphatic rings. The van der Waals surface area contributed by atoms with Crippen LogP contribution in [-0.2, 0) is 9.59 Å². The van der Waals surface area contributed by atoms with E-state index in [1.807, 2.05) is 21.7 Å². The van der Waals surface area contributed by atoms with Gasteiger partial charge in [0.2, 0.25) is 11.8 Å². The van der Waals surface area contributed by atoms with E-state index in [0.717, 1.165) is 37.3 Å². The molecule has 0 saturated carbocycles. The summed E-state index contributed by atoms with van der Waals surface area (Å²) in [6, 6.07) is 2.14. The first-order valence-corrected chi connectivity index (χ1v) is 8.25. The molecule has 1 atom stereocenters. The van der Waals surface area contributed by atoms with Crippen LogP contribution in [0.25, 0.3) is 5.52 Å². The Morgan fingerprint density at radius 1 is 1.25 bits per heavy atom. The predicted molar refractivity (Wildman–Crippen MR) is 87.2 cm³/mol. The van der Waals surface area contributed by atoms with E-state index in [1.54, 1.807) is 12.4 Å². The molecule has 4 rings (SSSR count). The minimum Gasteiger partial charge on any atom is -0.369 e. The standard InChI is InChI=1S/C16H20N6O2/c17-15(24)11-9-14(23)21(10-11)12-2-6-20(7-3-12)16-13-1-4-19-22(13)8-5-18-16/h1,4-5,8,11-12H,2-3,6-7,9-10H2,(H2,17,24). The Kier molecular flexibility index (Phi) is 3.59. The van der Waals surface area contributed by atoms with Crippen molar-refractivity contribution < 1.29 is 9.59 Å². The second-order valence-electron chi connectivity index (χ2n) is 6.48. The van der Waals surface area contributed by atoms with Gasteiger partial charge in [-0.2, -0.15) is 5.10 Å². The maximum absolute atomic E-state index is 12.2. The highest BCUT2D eigenvalue weighted by Crippen LogP contribution is 2.28. The second-order valence-corrected chi connectivity index (χ2v) is 6.48. The van der Waals surface area contributed by atoms with Crippen LogP contribution in [0.1, 0.15) is 19.3 Å². The summed E-state index contributed by atoms with van der Waals surface area (Å²) in [4.78, 5) is 32.1. The average Bonchev–Trinajstić information content (AvgIpc) is 3.21. The molecule has 2 saturated heterocycles. The molecule has 2 N–H and O–H groups in total. The molecular weight excluding hydrogens is 308 g/mol. The van der Waals surface area contributed by atoms with Crippen LogP contribution in [0.3, 0.4) is 0 Å². The van der Waals surface area contributed by atoms with Crippen LogP contribution in [0.4, 0.5) is 5.82 Å². The van der Waals surface area contributed by atoms with Crippen LogP contribution in [0.2, 0.25) is 0 Å². The lowest BCUT2D eigenvalue weighted by molar-refractivity contribution is -0.130. The number of primary amides is 1. The number of carbonyl (C=O) groups excluding carboxylic acids is 2. The summed E-state index contributed by atoms with van der Waals surface area (Å²) < 4.78 is 1.82. The van der Waals surface area contributed by atoms with Crippen molar-refractivity contribution in [1.82, 2.24) is 19.5 Å². The summed E-state index contributed by atoms with van der Waals surface area (Å²) in [6.07, 6.45) is 7.34. The van der Waals surface area contributed by atoms with Gasteiger partial charge >= 0.3 is 0 Å². The van der Waals surface area contributed by atoms with Gasteiger partial charge in [0.1, 0.15) is 5.52 Å². The molecule has 0 aliphatic carbocycles. The molecule has 24 heavy (non-hydrogen) atoms. The van der Waals surface area contributed by atoms with Gasteiger partial charge in [-0.15, -0.1) is 0 Å². The summed E-state index contributed by atoms with van der Waals surface area (Å²) >= 11 is 0. The maximum atomic E-state index is 12.2. The van der Waals surface area contributed by atoms with Crippen LogP contribution in [0.5, 0.6) is 0 Å². The lowest BCUT2D eigenvalue weighted by Crippen LogP contribution is -2.46. The monoisotopic (exact) mass is 328 g/mol. The molecule has 1 unspecified atom stereocenters. The van der Waals surface area contributed by atoms with Crippen molar-refractivity contribution in [3.8, 4) is 0 Å². The average molecular weight is 328 g/mol. The molecule has 8 heteroatoms. The molecular formula is C16H20N6O2. The third-order valence-corrected chi connectivity index (χ3v) is 5.07. The largest absolute Gasteiger partial charge is 0.369 e. The number of piperidine rings is 1. The zero-order valence-corrected chi connectivity index (χ0v) is 13.3.